The largest absolute Gasteiger partial charge is 0.380 e. The van der Waals surface area contributed by atoms with E-state index >= 15 is 0 Å². The van der Waals surface area contributed by atoms with Gasteiger partial charge in [-0.05, 0) is 24.5 Å². The fourth-order valence-electron chi connectivity index (χ4n) is 2.25. The standard InChI is InChI=1S/C15H23NO2S/c1-4-6-12-11(5-2)7-13(19-12)14(17)16-8-15(3)9-18-10-15/h7H,4-6,8-10H2,1-3H3,(H,16,17). The van der Waals surface area contributed by atoms with Gasteiger partial charge in [-0.1, -0.05) is 27.2 Å². The van der Waals surface area contributed by atoms with Gasteiger partial charge < -0.3 is 10.1 Å². The van der Waals surface area contributed by atoms with Gasteiger partial charge in [0.2, 0.25) is 0 Å². The molecule has 0 saturated carbocycles. The van der Waals surface area contributed by atoms with Gasteiger partial charge in [0.05, 0.1) is 18.1 Å². The summed E-state index contributed by atoms with van der Waals surface area (Å²) in [5.41, 5.74) is 1.46. The third kappa shape index (κ3) is 3.37. The number of thiophene rings is 1. The number of amides is 1. The summed E-state index contributed by atoms with van der Waals surface area (Å²) in [5.74, 6) is 0.0650. The molecule has 4 heteroatoms. The lowest BCUT2D eigenvalue weighted by Gasteiger charge is -2.37. The van der Waals surface area contributed by atoms with Gasteiger partial charge in [0.1, 0.15) is 0 Å². The molecule has 0 unspecified atom stereocenters. The lowest BCUT2D eigenvalue weighted by molar-refractivity contribution is -0.0978. The van der Waals surface area contributed by atoms with E-state index in [4.69, 9.17) is 4.74 Å². The first-order valence-electron chi connectivity index (χ1n) is 7.05. The molecule has 0 radical (unpaired) electrons. The van der Waals surface area contributed by atoms with Gasteiger partial charge in [-0.2, -0.15) is 0 Å². The molecule has 2 heterocycles. The SMILES string of the molecule is CCCc1sc(C(=O)NCC2(C)COC2)cc1CC. The first-order valence-corrected chi connectivity index (χ1v) is 7.87. The van der Waals surface area contributed by atoms with Crippen LogP contribution < -0.4 is 5.32 Å². The second kappa shape index (κ2) is 6.06. The third-order valence-electron chi connectivity index (χ3n) is 3.56. The van der Waals surface area contributed by atoms with Gasteiger partial charge in [-0.15, -0.1) is 11.3 Å². The first kappa shape index (κ1) is 14.5. The molecule has 1 N–H and O–H groups in total. The summed E-state index contributed by atoms with van der Waals surface area (Å²) >= 11 is 1.65. The summed E-state index contributed by atoms with van der Waals surface area (Å²) in [6.45, 7) is 8.67. The van der Waals surface area contributed by atoms with Crippen LogP contribution in [0.25, 0.3) is 0 Å². The topological polar surface area (TPSA) is 38.3 Å². The first-order chi connectivity index (χ1) is 9.08. The van der Waals surface area contributed by atoms with E-state index in [1.807, 2.05) is 0 Å². The van der Waals surface area contributed by atoms with E-state index in [0.717, 1.165) is 37.4 Å². The molecule has 1 aromatic rings. The van der Waals surface area contributed by atoms with Crippen molar-refractivity contribution < 1.29 is 9.53 Å². The lowest BCUT2D eigenvalue weighted by Crippen LogP contribution is -2.48. The van der Waals surface area contributed by atoms with E-state index in [1.54, 1.807) is 11.3 Å². The summed E-state index contributed by atoms with van der Waals surface area (Å²) in [4.78, 5) is 14.4. The van der Waals surface area contributed by atoms with Crippen LogP contribution in [0, 0.1) is 5.41 Å². The highest BCUT2D eigenvalue weighted by Gasteiger charge is 2.33. The molecule has 0 atom stereocenters. The average molecular weight is 281 g/mol. The van der Waals surface area contributed by atoms with E-state index in [2.05, 4.69) is 32.2 Å². The van der Waals surface area contributed by atoms with Crippen molar-refractivity contribution in [1.29, 1.82) is 0 Å². The quantitative estimate of drug-likeness (QED) is 0.870. The smallest absolute Gasteiger partial charge is 0.261 e. The van der Waals surface area contributed by atoms with Crippen molar-refractivity contribution in [2.75, 3.05) is 19.8 Å². The van der Waals surface area contributed by atoms with Crippen LogP contribution in [-0.4, -0.2) is 25.7 Å². The van der Waals surface area contributed by atoms with Crippen LogP contribution in [0.3, 0.4) is 0 Å². The second-order valence-electron chi connectivity index (χ2n) is 5.65. The molecule has 0 spiro atoms. The summed E-state index contributed by atoms with van der Waals surface area (Å²) < 4.78 is 5.20. The molecule has 1 aliphatic rings. The van der Waals surface area contributed by atoms with Crippen LogP contribution in [0.2, 0.25) is 0 Å². The maximum Gasteiger partial charge on any atom is 0.261 e. The van der Waals surface area contributed by atoms with Crippen molar-refractivity contribution in [2.45, 2.75) is 40.0 Å². The van der Waals surface area contributed by atoms with Crippen LogP contribution in [0.5, 0.6) is 0 Å². The summed E-state index contributed by atoms with van der Waals surface area (Å²) in [7, 11) is 0. The molecule has 106 valence electrons. The van der Waals surface area contributed by atoms with Gasteiger partial charge in [0.15, 0.2) is 0 Å². The Kier molecular flexibility index (Phi) is 4.63. The van der Waals surface area contributed by atoms with E-state index in [-0.39, 0.29) is 11.3 Å². The molecule has 3 nitrogen and oxygen atoms in total. The number of hydrogen-bond acceptors (Lipinski definition) is 3. The van der Waals surface area contributed by atoms with Crippen molar-refractivity contribution in [1.82, 2.24) is 5.32 Å². The Labute approximate surface area is 119 Å². The van der Waals surface area contributed by atoms with Crippen LogP contribution >= 0.6 is 11.3 Å². The highest BCUT2D eigenvalue weighted by molar-refractivity contribution is 7.14. The van der Waals surface area contributed by atoms with Gasteiger partial charge in [-0.3, -0.25) is 4.79 Å². The molecule has 1 fully saturated rings. The number of ether oxygens (including phenoxy) is 1. The highest BCUT2D eigenvalue weighted by Crippen LogP contribution is 2.27. The highest BCUT2D eigenvalue weighted by atomic mass is 32.1. The van der Waals surface area contributed by atoms with E-state index in [0.29, 0.717) is 6.54 Å². The molecule has 2 rings (SSSR count). The van der Waals surface area contributed by atoms with Crippen molar-refractivity contribution in [2.24, 2.45) is 5.41 Å². The maximum absolute atomic E-state index is 12.2. The van der Waals surface area contributed by atoms with E-state index in [1.165, 1.54) is 10.4 Å². The fraction of sp³-hybridized carbons (Fsp3) is 0.667. The van der Waals surface area contributed by atoms with Crippen molar-refractivity contribution in [3.8, 4) is 0 Å². The third-order valence-corrected chi connectivity index (χ3v) is 4.79. The number of nitrogens with one attached hydrogen (secondary N) is 1. The van der Waals surface area contributed by atoms with Crippen LogP contribution in [0.4, 0.5) is 0 Å². The zero-order chi connectivity index (χ0) is 13.9. The van der Waals surface area contributed by atoms with E-state index < -0.39 is 0 Å². The molecule has 1 saturated heterocycles. The number of carbonyl (C=O) groups excluding carboxylic acids is 1. The molecule has 1 amide bonds. The molecule has 0 bridgehead atoms. The Balaban J connectivity index is 1.98. The maximum atomic E-state index is 12.2. The zero-order valence-corrected chi connectivity index (χ0v) is 12.9. The Hall–Kier alpha value is -0.870. The lowest BCUT2D eigenvalue weighted by atomic mass is 9.89. The Morgan fingerprint density at radius 1 is 1.47 bits per heavy atom. The van der Waals surface area contributed by atoms with Gasteiger partial charge >= 0.3 is 0 Å². The predicted octanol–water partition coefficient (Wildman–Crippen LogP) is 3.03. The molecule has 1 aromatic heterocycles. The minimum absolute atomic E-state index is 0.0650. The van der Waals surface area contributed by atoms with Gasteiger partial charge in [0, 0.05) is 16.8 Å². The molecule has 0 aliphatic carbocycles. The number of carbonyl (C=O) groups is 1. The fourth-order valence-corrected chi connectivity index (χ4v) is 3.52. The number of aryl methyl sites for hydroxylation is 2. The Bertz CT molecular complexity index is 449. The molecule has 1 aliphatic heterocycles. The molecular formula is C15H23NO2S. The van der Waals surface area contributed by atoms with Gasteiger partial charge in [0.25, 0.3) is 5.91 Å². The number of hydrogen-bond donors (Lipinski definition) is 1. The minimum Gasteiger partial charge on any atom is -0.380 e. The van der Waals surface area contributed by atoms with Crippen molar-refractivity contribution >= 4 is 17.2 Å². The minimum atomic E-state index is 0.0650. The van der Waals surface area contributed by atoms with Gasteiger partial charge in [-0.25, -0.2) is 0 Å². The molecule has 19 heavy (non-hydrogen) atoms. The summed E-state index contributed by atoms with van der Waals surface area (Å²) in [6.07, 6.45) is 3.21. The van der Waals surface area contributed by atoms with Crippen LogP contribution in [0.15, 0.2) is 6.07 Å². The van der Waals surface area contributed by atoms with Crippen LogP contribution in [-0.2, 0) is 17.6 Å². The molecule has 0 aromatic carbocycles. The normalized spacial score (nSPS) is 17.0. The second-order valence-corrected chi connectivity index (χ2v) is 6.79. The number of rotatable bonds is 6. The van der Waals surface area contributed by atoms with Crippen LogP contribution in [0.1, 0.15) is 47.3 Å². The zero-order valence-electron chi connectivity index (χ0n) is 12.0. The van der Waals surface area contributed by atoms with E-state index in [9.17, 15) is 4.79 Å². The van der Waals surface area contributed by atoms with Crippen molar-refractivity contribution in [3.05, 3.63) is 21.4 Å². The van der Waals surface area contributed by atoms with Crippen molar-refractivity contribution in [3.63, 3.8) is 0 Å². The average Bonchev–Trinajstić information content (AvgIpc) is 2.77. The predicted molar refractivity (Wildman–Crippen MR) is 79.0 cm³/mol. The summed E-state index contributed by atoms with van der Waals surface area (Å²) in [6, 6.07) is 2.06. The monoisotopic (exact) mass is 281 g/mol. The molecular weight excluding hydrogens is 258 g/mol. The Morgan fingerprint density at radius 2 is 2.21 bits per heavy atom. The Morgan fingerprint density at radius 3 is 2.74 bits per heavy atom. The summed E-state index contributed by atoms with van der Waals surface area (Å²) in [5, 5.41) is 3.04.